The van der Waals surface area contributed by atoms with Crippen LogP contribution in [0.25, 0.3) is 0 Å². The minimum atomic E-state index is 0. The molecular weight excluding hydrogens is 200 g/mol. The number of nitrogens with one attached hydrogen (secondary N) is 1. The third-order valence-electron chi connectivity index (χ3n) is 3.28. The molecule has 1 aromatic carbocycles. The molecule has 16 heavy (non-hydrogen) atoms. The maximum absolute atomic E-state index is 5.66. The monoisotopic (exact) mass is 222 g/mol. The van der Waals surface area contributed by atoms with Crippen molar-refractivity contribution in [3.05, 3.63) is 29.8 Å². The summed E-state index contributed by atoms with van der Waals surface area (Å²) < 4.78 is 0. The molecule has 0 radical (unpaired) electrons. The van der Waals surface area contributed by atoms with E-state index in [1.165, 1.54) is 44.3 Å². The predicted molar refractivity (Wildman–Crippen MR) is 68.4 cm³/mol. The van der Waals surface area contributed by atoms with Crippen LogP contribution in [0.2, 0.25) is 0 Å². The molecule has 1 saturated heterocycles. The van der Waals surface area contributed by atoms with Gasteiger partial charge in [-0.1, -0.05) is 12.1 Å². The van der Waals surface area contributed by atoms with Crippen LogP contribution in [0.1, 0.15) is 24.8 Å². The maximum Gasteiger partial charge on any atom is 0.0314 e. The average molecular weight is 222 g/mol. The Morgan fingerprint density at radius 1 is 1.12 bits per heavy atom. The second-order valence-corrected chi connectivity index (χ2v) is 4.47. The van der Waals surface area contributed by atoms with Crippen LogP contribution < -0.4 is 11.1 Å². The standard InChI is InChI=1S/C13H20N2.H2O/c14-13-5-3-11(4-6-13)1-2-12-7-9-15-10-8-12;/h3-6,12,15H,1-2,7-10,14H2;1H2. The molecule has 0 bridgehead atoms. The van der Waals surface area contributed by atoms with Crippen LogP contribution in [0.4, 0.5) is 5.69 Å². The lowest BCUT2D eigenvalue weighted by molar-refractivity contribution is 0.354. The molecule has 0 atom stereocenters. The Bertz CT molecular complexity index is 291. The number of piperidine rings is 1. The van der Waals surface area contributed by atoms with Crippen molar-refractivity contribution in [3.8, 4) is 0 Å². The largest absolute Gasteiger partial charge is 0.412 e. The first-order valence-electron chi connectivity index (χ1n) is 5.90. The Morgan fingerprint density at radius 2 is 1.75 bits per heavy atom. The minimum Gasteiger partial charge on any atom is -0.412 e. The molecule has 1 aliphatic rings. The summed E-state index contributed by atoms with van der Waals surface area (Å²) in [6, 6.07) is 8.29. The summed E-state index contributed by atoms with van der Waals surface area (Å²) in [7, 11) is 0. The van der Waals surface area contributed by atoms with Crippen molar-refractivity contribution >= 4 is 5.69 Å². The fourth-order valence-electron chi connectivity index (χ4n) is 2.23. The van der Waals surface area contributed by atoms with E-state index in [1.54, 1.807) is 0 Å². The molecule has 0 spiro atoms. The Balaban J connectivity index is 0.00000128. The molecule has 0 aliphatic carbocycles. The summed E-state index contributed by atoms with van der Waals surface area (Å²) in [5.41, 5.74) is 7.94. The zero-order valence-electron chi connectivity index (χ0n) is 9.71. The van der Waals surface area contributed by atoms with Crippen LogP contribution in [-0.4, -0.2) is 18.6 Å². The third-order valence-corrected chi connectivity index (χ3v) is 3.28. The van der Waals surface area contributed by atoms with E-state index in [9.17, 15) is 0 Å². The zero-order valence-corrected chi connectivity index (χ0v) is 9.71. The molecule has 0 aromatic heterocycles. The number of anilines is 1. The van der Waals surface area contributed by atoms with Gasteiger partial charge in [-0.15, -0.1) is 0 Å². The molecule has 2 rings (SSSR count). The maximum atomic E-state index is 5.66. The van der Waals surface area contributed by atoms with Crippen molar-refractivity contribution in [2.75, 3.05) is 18.8 Å². The van der Waals surface area contributed by atoms with E-state index in [0.29, 0.717) is 0 Å². The Kier molecular flexibility index (Phi) is 5.29. The third kappa shape index (κ3) is 3.83. The van der Waals surface area contributed by atoms with Gasteiger partial charge in [-0.2, -0.15) is 0 Å². The van der Waals surface area contributed by atoms with Gasteiger partial charge >= 0.3 is 0 Å². The summed E-state index contributed by atoms with van der Waals surface area (Å²) in [6.07, 6.45) is 5.21. The number of benzene rings is 1. The van der Waals surface area contributed by atoms with Gasteiger partial charge in [-0.25, -0.2) is 0 Å². The molecule has 0 saturated carbocycles. The number of hydrogen-bond donors (Lipinski definition) is 2. The second kappa shape index (κ2) is 6.51. The smallest absolute Gasteiger partial charge is 0.0314 e. The molecule has 0 amide bonds. The highest BCUT2D eigenvalue weighted by atomic mass is 16.0. The van der Waals surface area contributed by atoms with Crippen LogP contribution in [0.3, 0.4) is 0 Å². The summed E-state index contributed by atoms with van der Waals surface area (Å²) in [4.78, 5) is 0. The van der Waals surface area contributed by atoms with E-state index in [-0.39, 0.29) is 5.48 Å². The summed E-state index contributed by atoms with van der Waals surface area (Å²) >= 11 is 0. The second-order valence-electron chi connectivity index (χ2n) is 4.47. The summed E-state index contributed by atoms with van der Waals surface area (Å²) in [5, 5.41) is 3.40. The summed E-state index contributed by atoms with van der Waals surface area (Å²) in [5.74, 6) is 0.920. The average Bonchev–Trinajstić information content (AvgIpc) is 2.30. The van der Waals surface area contributed by atoms with Gasteiger partial charge in [-0.05, 0) is 62.4 Å². The van der Waals surface area contributed by atoms with Gasteiger partial charge in [-0.3, -0.25) is 0 Å². The number of rotatable bonds is 3. The van der Waals surface area contributed by atoms with Crippen molar-refractivity contribution < 1.29 is 5.48 Å². The zero-order chi connectivity index (χ0) is 10.5. The van der Waals surface area contributed by atoms with E-state index in [2.05, 4.69) is 17.4 Å². The van der Waals surface area contributed by atoms with Crippen molar-refractivity contribution in [2.24, 2.45) is 5.92 Å². The molecule has 1 heterocycles. The quantitative estimate of drug-likeness (QED) is 0.758. The molecular formula is C13H22N2O. The van der Waals surface area contributed by atoms with Crippen LogP contribution in [0.5, 0.6) is 0 Å². The van der Waals surface area contributed by atoms with Crippen molar-refractivity contribution in [1.29, 1.82) is 0 Å². The van der Waals surface area contributed by atoms with E-state index in [4.69, 9.17) is 5.73 Å². The highest BCUT2D eigenvalue weighted by molar-refractivity contribution is 5.39. The molecule has 1 fully saturated rings. The van der Waals surface area contributed by atoms with Crippen molar-refractivity contribution in [1.82, 2.24) is 5.32 Å². The van der Waals surface area contributed by atoms with Gasteiger partial charge in [0.2, 0.25) is 0 Å². The lowest BCUT2D eigenvalue weighted by atomic mass is 9.91. The van der Waals surface area contributed by atoms with E-state index < -0.39 is 0 Å². The Morgan fingerprint density at radius 3 is 2.38 bits per heavy atom. The Labute approximate surface area is 97.4 Å². The topological polar surface area (TPSA) is 69.5 Å². The SMILES string of the molecule is Nc1ccc(CCC2CCNCC2)cc1.O. The van der Waals surface area contributed by atoms with Gasteiger partial charge in [0.05, 0.1) is 0 Å². The van der Waals surface area contributed by atoms with Crippen molar-refractivity contribution in [3.63, 3.8) is 0 Å². The number of aryl methyl sites for hydroxylation is 1. The molecule has 1 aliphatic heterocycles. The van der Waals surface area contributed by atoms with E-state index in [1.807, 2.05) is 12.1 Å². The molecule has 0 unspecified atom stereocenters. The first kappa shape index (κ1) is 13.0. The molecule has 3 nitrogen and oxygen atoms in total. The van der Waals surface area contributed by atoms with Crippen LogP contribution in [-0.2, 0) is 6.42 Å². The molecule has 90 valence electrons. The molecule has 1 aromatic rings. The van der Waals surface area contributed by atoms with E-state index >= 15 is 0 Å². The first-order valence-corrected chi connectivity index (χ1v) is 5.90. The van der Waals surface area contributed by atoms with Crippen molar-refractivity contribution in [2.45, 2.75) is 25.7 Å². The number of nitrogens with two attached hydrogens (primary N) is 1. The van der Waals surface area contributed by atoms with E-state index in [0.717, 1.165) is 11.6 Å². The number of nitrogen functional groups attached to an aromatic ring is 1. The minimum absolute atomic E-state index is 0. The highest BCUT2D eigenvalue weighted by Gasteiger charge is 2.12. The number of hydrogen-bond acceptors (Lipinski definition) is 2. The molecule has 5 N–H and O–H groups in total. The van der Waals surface area contributed by atoms with Gasteiger partial charge in [0.1, 0.15) is 0 Å². The van der Waals surface area contributed by atoms with Crippen LogP contribution >= 0.6 is 0 Å². The van der Waals surface area contributed by atoms with Gasteiger partial charge in [0.25, 0.3) is 0 Å². The normalized spacial score (nSPS) is 16.8. The predicted octanol–water partition coefficient (Wildman–Crippen LogP) is 1.38. The lowest BCUT2D eigenvalue weighted by Crippen LogP contribution is -2.27. The highest BCUT2D eigenvalue weighted by Crippen LogP contribution is 2.19. The lowest BCUT2D eigenvalue weighted by Gasteiger charge is -2.22. The van der Waals surface area contributed by atoms with Crippen LogP contribution in [0.15, 0.2) is 24.3 Å². The fourth-order valence-corrected chi connectivity index (χ4v) is 2.23. The van der Waals surface area contributed by atoms with Gasteiger partial charge in [0.15, 0.2) is 0 Å². The van der Waals surface area contributed by atoms with Gasteiger partial charge < -0.3 is 16.5 Å². The summed E-state index contributed by atoms with van der Waals surface area (Å²) in [6.45, 7) is 2.40. The Hall–Kier alpha value is -1.06. The van der Waals surface area contributed by atoms with Crippen LogP contribution in [0, 0.1) is 5.92 Å². The fraction of sp³-hybridized carbons (Fsp3) is 0.538. The van der Waals surface area contributed by atoms with Gasteiger partial charge in [0, 0.05) is 5.69 Å². The molecule has 3 heteroatoms. The first-order chi connectivity index (χ1) is 7.34.